The second kappa shape index (κ2) is 7.92. The third-order valence-corrected chi connectivity index (χ3v) is 4.80. The number of nitrogens with one attached hydrogen (secondary N) is 1. The van der Waals surface area contributed by atoms with Crippen molar-refractivity contribution in [1.29, 1.82) is 0 Å². The van der Waals surface area contributed by atoms with E-state index in [1.165, 1.54) is 50.1 Å². The van der Waals surface area contributed by atoms with Crippen molar-refractivity contribution in [3.8, 4) is 0 Å². The summed E-state index contributed by atoms with van der Waals surface area (Å²) in [5.74, 6) is 0. The second-order valence-electron chi connectivity index (χ2n) is 6.49. The second-order valence-corrected chi connectivity index (χ2v) is 6.49. The molecule has 0 saturated carbocycles. The van der Waals surface area contributed by atoms with Gasteiger partial charge >= 0.3 is 0 Å². The first-order valence-electron chi connectivity index (χ1n) is 8.27. The van der Waals surface area contributed by atoms with Crippen LogP contribution in [-0.2, 0) is 0 Å². The molecule has 2 atom stereocenters. The Bertz CT molecular complexity index is 432. The van der Waals surface area contributed by atoms with Gasteiger partial charge in [0, 0.05) is 25.2 Å². The molecule has 2 rings (SSSR count). The standard InChI is InChI=1S/C18H31N3/c1-15-8-5-6-9-17(15)18(19-3)10-13-21-12-7-11-20(4)14-16(21)2/h5-6,8-9,16,18-19H,7,10-14H2,1-4H3. The van der Waals surface area contributed by atoms with Crippen LogP contribution in [0.25, 0.3) is 0 Å². The van der Waals surface area contributed by atoms with Crippen molar-refractivity contribution >= 4 is 0 Å². The first-order chi connectivity index (χ1) is 10.1. The van der Waals surface area contributed by atoms with E-state index in [0.717, 1.165) is 0 Å². The summed E-state index contributed by atoms with van der Waals surface area (Å²) in [6.07, 6.45) is 2.46. The minimum absolute atomic E-state index is 0.458. The lowest BCUT2D eigenvalue weighted by Gasteiger charge is -2.30. The number of aryl methyl sites for hydroxylation is 1. The SMILES string of the molecule is CNC(CCN1CCCN(C)CC1C)c1ccccc1C. The van der Waals surface area contributed by atoms with E-state index in [2.05, 4.69) is 67.3 Å². The predicted octanol–water partition coefficient (Wildman–Crippen LogP) is 2.67. The summed E-state index contributed by atoms with van der Waals surface area (Å²) in [7, 11) is 4.32. The van der Waals surface area contributed by atoms with Gasteiger partial charge < -0.3 is 10.2 Å². The zero-order chi connectivity index (χ0) is 15.2. The largest absolute Gasteiger partial charge is 0.313 e. The molecule has 1 N–H and O–H groups in total. The maximum Gasteiger partial charge on any atom is 0.0332 e. The Morgan fingerprint density at radius 2 is 2.05 bits per heavy atom. The molecule has 1 aromatic rings. The fourth-order valence-corrected chi connectivity index (χ4v) is 3.48. The summed E-state index contributed by atoms with van der Waals surface area (Å²) in [6, 6.07) is 9.86. The average Bonchev–Trinajstić information content (AvgIpc) is 2.62. The highest BCUT2D eigenvalue weighted by Crippen LogP contribution is 2.21. The summed E-state index contributed by atoms with van der Waals surface area (Å²) in [6.45, 7) is 9.40. The van der Waals surface area contributed by atoms with Crippen molar-refractivity contribution in [1.82, 2.24) is 15.1 Å². The number of likely N-dealkylation sites (N-methyl/N-ethyl adjacent to an activating group) is 1. The van der Waals surface area contributed by atoms with Crippen LogP contribution in [0.15, 0.2) is 24.3 Å². The van der Waals surface area contributed by atoms with Gasteiger partial charge in [-0.15, -0.1) is 0 Å². The molecule has 3 nitrogen and oxygen atoms in total. The van der Waals surface area contributed by atoms with Crippen LogP contribution in [0.1, 0.15) is 36.9 Å². The van der Waals surface area contributed by atoms with Gasteiger partial charge in [-0.05, 0) is 65.0 Å². The minimum Gasteiger partial charge on any atom is -0.313 e. The summed E-state index contributed by atoms with van der Waals surface area (Å²) < 4.78 is 0. The molecular weight excluding hydrogens is 258 g/mol. The van der Waals surface area contributed by atoms with E-state index in [1.54, 1.807) is 0 Å². The van der Waals surface area contributed by atoms with Gasteiger partial charge in [0.2, 0.25) is 0 Å². The van der Waals surface area contributed by atoms with Gasteiger partial charge in [0.25, 0.3) is 0 Å². The Balaban J connectivity index is 1.95. The summed E-state index contributed by atoms with van der Waals surface area (Å²) in [4.78, 5) is 5.12. The molecule has 1 saturated heterocycles. The number of nitrogens with zero attached hydrogens (tertiary/aromatic N) is 2. The number of rotatable bonds is 5. The lowest BCUT2D eigenvalue weighted by molar-refractivity contribution is 0.193. The molecule has 21 heavy (non-hydrogen) atoms. The molecule has 1 aliphatic rings. The third kappa shape index (κ3) is 4.53. The van der Waals surface area contributed by atoms with Gasteiger partial charge in [0.1, 0.15) is 0 Å². The quantitative estimate of drug-likeness (QED) is 0.899. The van der Waals surface area contributed by atoms with Crippen LogP contribution >= 0.6 is 0 Å². The van der Waals surface area contributed by atoms with Gasteiger partial charge in [-0.1, -0.05) is 24.3 Å². The first-order valence-corrected chi connectivity index (χ1v) is 8.27. The van der Waals surface area contributed by atoms with Crippen LogP contribution in [0.4, 0.5) is 0 Å². The third-order valence-electron chi connectivity index (χ3n) is 4.80. The fraction of sp³-hybridized carbons (Fsp3) is 0.667. The molecule has 3 heteroatoms. The predicted molar refractivity (Wildman–Crippen MR) is 90.7 cm³/mol. The van der Waals surface area contributed by atoms with Crippen molar-refractivity contribution < 1.29 is 0 Å². The zero-order valence-corrected chi connectivity index (χ0v) is 14.1. The molecule has 118 valence electrons. The molecular formula is C18H31N3. The Labute approximate surface area is 130 Å². The van der Waals surface area contributed by atoms with Gasteiger partial charge in [0.15, 0.2) is 0 Å². The maximum absolute atomic E-state index is 3.50. The average molecular weight is 289 g/mol. The highest BCUT2D eigenvalue weighted by molar-refractivity contribution is 5.28. The van der Waals surface area contributed by atoms with Gasteiger partial charge in [-0.3, -0.25) is 4.90 Å². The lowest BCUT2D eigenvalue weighted by Crippen LogP contribution is -2.39. The van der Waals surface area contributed by atoms with Crippen molar-refractivity contribution in [2.24, 2.45) is 0 Å². The molecule has 1 aliphatic heterocycles. The molecule has 0 radical (unpaired) electrons. The highest BCUT2D eigenvalue weighted by atomic mass is 15.2. The molecule has 1 aromatic carbocycles. The van der Waals surface area contributed by atoms with E-state index in [4.69, 9.17) is 0 Å². The Morgan fingerprint density at radius 3 is 2.76 bits per heavy atom. The molecule has 2 unspecified atom stereocenters. The van der Waals surface area contributed by atoms with Crippen molar-refractivity contribution in [3.05, 3.63) is 35.4 Å². The Morgan fingerprint density at radius 1 is 1.29 bits per heavy atom. The zero-order valence-electron chi connectivity index (χ0n) is 14.1. The normalized spacial score (nSPS) is 23.0. The molecule has 1 heterocycles. The van der Waals surface area contributed by atoms with Crippen LogP contribution in [0.3, 0.4) is 0 Å². The lowest BCUT2D eigenvalue weighted by atomic mass is 9.98. The fourth-order valence-electron chi connectivity index (χ4n) is 3.48. The van der Waals surface area contributed by atoms with Gasteiger partial charge in [-0.25, -0.2) is 0 Å². The molecule has 0 aliphatic carbocycles. The summed E-state index contributed by atoms with van der Waals surface area (Å²) in [5.41, 5.74) is 2.83. The van der Waals surface area contributed by atoms with Crippen LogP contribution < -0.4 is 5.32 Å². The molecule has 0 bridgehead atoms. The van der Waals surface area contributed by atoms with E-state index < -0.39 is 0 Å². The number of hydrogen-bond donors (Lipinski definition) is 1. The Kier molecular flexibility index (Phi) is 6.22. The summed E-state index contributed by atoms with van der Waals surface area (Å²) >= 11 is 0. The topological polar surface area (TPSA) is 18.5 Å². The minimum atomic E-state index is 0.458. The van der Waals surface area contributed by atoms with E-state index in [9.17, 15) is 0 Å². The number of benzene rings is 1. The first kappa shape index (κ1) is 16.5. The van der Waals surface area contributed by atoms with E-state index >= 15 is 0 Å². The number of hydrogen-bond acceptors (Lipinski definition) is 3. The monoisotopic (exact) mass is 289 g/mol. The van der Waals surface area contributed by atoms with Crippen LogP contribution in [0.5, 0.6) is 0 Å². The van der Waals surface area contributed by atoms with E-state index in [1.807, 2.05) is 0 Å². The van der Waals surface area contributed by atoms with Crippen molar-refractivity contribution in [3.63, 3.8) is 0 Å². The van der Waals surface area contributed by atoms with E-state index in [-0.39, 0.29) is 0 Å². The summed E-state index contributed by atoms with van der Waals surface area (Å²) in [5, 5.41) is 3.50. The maximum atomic E-state index is 3.50. The molecule has 0 amide bonds. The Hall–Kier alpha value is -0.900. The molecule has 0 spiro atoms. The van der Waals surface area contributed by atoms with Crippen LogP contribution in [0, 0.1) is 6.92 Å². The van der Waals surface area contributed by atoms with Crippen LogP contribution in [0.2, 0.25) is 0 Å². The van der Waals surface area contributed by atoms with Crippen molar-refractivity contribution in [2.75, 3.05) is 40.3 Å². The highest BCUT2D eigenvalue weighted by Gasteiger charge is 2.21. The van der Waals surface area contributed by atoms with Gasteiger partial charge in [0.05, 0.1) is 0 Å². The van der Waals surface area contributed by atoms with Crippen molar-refractivity contribution in [2.45, 2.75) is 38.8 Å². The molecule has 1 fully saturated rings. The van der Waals surface area contributed by atoms with Crippen LogP contribution in [-0.4, -0.2) is 56.1 Å². The van der Waals surface area contributed by atoms with E-state index in [0.29, 0.717) is 12.1 Å². The van der Waals surface area contributed by atoms with Gasteiger partial charge in [-0.2, -0.15) is 0 Å². The molecule has 0 aromatic heterocycles. The smallest absolute Gasteiger partial charge is 0.0332 e.